The van der Waals surface area contributed by atoms with Crippen molar-refractivity contribution >= 4 is 17.3 Å². The fourth-order valence-electron chi connectivity index (χ4n) is 1.70. The van der Waals surface area contributed by atoms with Crippen molar-refractivity contribution in [1.82, 2.24) is 5.32 Å². The van der Waals surface area contributed by atoms with Gasteiger partial charge in [-0.1, -0.05) is 6.92 Å². The van der Waals surface area contributed by atoms with E-state index in [-0.39, 0.29) is 23.8 Å². The average molecular weight is 305 g/mol. The number of halogens is 3. The molecule has 5 nitrogen and oxygen atoms in total. The van der Waals surface area contributed by atoms with E-state index in [1.807, 2.05) is 6.92 Å². The summed E-state index contributed by atoms with van der Waals surface area (Å²) < 4.78 is 41.9. The quantitative estimate of drug-likeness (QED) is 0.756. The number of likely N-dealkylation sites (N-methyl/N-ethyl adjacent to an activating group) is 1. The topological polar surface area (TPSA) is 67.6 Å². The van der Waals surface area contributed by atoms with Crippen LogP contribution in [0.4, 0.5) is 24.5 Å². The van der Waals surface area contributed by atoms with Crippen LogP contribution >= 0.6 is 0 Å². The number of anilines is 2. The van der Waals surface area contributed by atoms with Crippen molar-refractivity contribution in [1.29, 1.82) is 0 Å². The molecule has 1 amide bonds. The van der Waals surface area contributed by atoms with E-state index < -0.39 is 18.2 Å². The lowest BCUT2D eigenvalue weighted by atomic mass is 10.2. The van der Waals surface area contributed by atoms with Crippen LogP contribution in [0.25, 0.3) is 0 Å². The number of benzene rings is 1. The van der Waals surface area contributed by atoms with Gasteiger partial charge in [-0.2, -0.15) is 8.78 Å². The Kier molecular flexibility index (Phi) is 6.13. The monoisotopic (exact) mass is 305 g/mol. The number of hydrogen-bond acceptors (Lipinski definition) is 4. The van der Waals surface area contributed by atoms with Gasteiger partial charge in [0.2, 0.25) is 5.91 Å². The summed E-state index contributed by atoms with van der Waals surface area (Å²) in [6, 6.07) is 1.93. The number of carbonyl (C=O) groups is 1. The summed E-state index contributed by atoms with van der Waals surface area (Å²) in [6.45, 7) is -0.736. The molecular weight excluding hydrogens is 287 g/mol. The highest BCUT2D eigenvalue weighted by Crippen LogP contribution is 2.31. The zero-order chi connectivity index (χ0) is 16.0. The highest BCUT2D eigenvalue weighted by atomic mass is 19.3. The Morgan fingerprint density at radius 3 is 2.71 bits per heavy atom. The van der Waals surface area contributed by atoms with Crippen LogP contribution in [-0.2, 0) is 4.79 Å². The van der Waals surface area contributed by atoms with Crippen molar-refractivity contribution in [2.75, 3.05) is 30.8 Å². The number of ether oxygens (including phenoxy) is 1. The number of carbonyl (C=O) groups excluding carboxylic acids is 1. The molecule has 0 aromatic heterocycles. The SMILES string of the molecule is CCCNC(=O)CN(C)c1cc(OC(F)F)c(F)cc1N. The molecule has 0 heterocycles. The first-order valence-corrected chi connectivity index (χ1v) is 6.36. The van der Waals surface area contributed by atoms with Crippen LogP contribution in [-0.4, -0.2) is 32.7 Å². The summed E-state index contributed by atoms with van der Waals surface area (Å²) in [7, 11) is 1.54. The lowest BCUT2D eigenvalue weighted by Gasteiger charge is -2.21. The molecule has 0 unspecified atom stereocenters. The van der Waals surface area contributed by atoms with Gasteiger partial charge in [-0.3, -0.25) is 4.79 Å². The van der Waals surface area contributed by atoms with E-state index in [0.29, 0.717) is 6.54 Å². The van der Waals surface area contributed by atoms with Crippen molar-refractivity contribution in [2.45, 2.75) is 20.0 Å². The van der Waals surface area contributed by atoms with Crippen LogP contribution in [0.2, 0.25) is 0 Å². The third-order valence-electron chi connectivity index (χ3n) is 2.66. The predicted molar refractivity (Wildman–Crippen MR) is 74.0 cm³/mol. The molecule has 8 heteroatoms. The molecule has 0 bridgehead atoms. The molecule has 0 aliphatic heterocycles. The van der Waals surface area contributed by atoms with Gasteiger partial charge in [-0.15, -0.1) is 0 Å². The Hall–Kier alpha value is -2.12. The lowest BCUT2D eigenvalue weighted by Crippen LogP contribution is -2.35. The van der Waals surface area contributed by atoms with Crippen LogP contribution in [0.5, 0.6) is 5.75 Å². The summed E-state index contributed by atoms with van der Waals surface area (Å²) in [5, 5.41) is 2.66. The maximum Gasteiger partial charge on any atom is 0.387 e. The smallest absolute Gasteiger partial charge is 0.387 e. The largest absolute Gasteiger partial charge is 0.432 e. The molecule has 0 atom stereocenters. The van der Waals surface area contributed by atoms with E-state index in [1.54, 1.807) is 7.05 Å². The normalized spacial score (nSPS) is 10.6. The van der Waals surface area contributed by atoms with E-state index in [0.717, 1.165) is 18.6 Å². The zero-order valence-corrected chi connectivity index (χ0v) is 11.8. The fourth-order valence-corrected chi connectivity index (χ4v) is 1.70. The fraction of sp³-hybridized carbons (Fsp3) is 0.462. The Morgan fingerprint density at radius 2 is 2.14 bits per heavy atom. The van der Waals surface area contributed by atoms with E-state index in [1.165, 1.54) is 4.90 Å². The molecule has 21 heavy (non-hydrogen) atoms. The van der Waals surface area contributed by atoms with Gasteiger partial charge in [0.1, 0.15) is 0 Å². The molecule has 0 fully saturated rings. The number of amides is 1. The summed E-state index contributed by atoms with van der Waals surface area (Å²) >= 11 is 0. The Morgan fingerprint density at radius 1 is 1.48 bits per heavy atom. The lowest BCUT2D eigenvalue weighted by molar-refractivity contribution is -0.119. The highest BCUT2D eigenvalue weighted by Gasteiger charge is 2.16. The van der Waals surface area contributed by atoms with Crippen molar-refractivity contribution in [3.63, 3.8) is 0 Å². The number of nitrogen functional groups attached to an aromatic ring is 1. The Labute approximate surface area is 120 Å². The van der Waals surface area contributed by atoms with E-state index in [4.69, 9.17) is 5.73 Å². The van der Waals surface area contributed by atoms with E-state index in [9.17, 15) is 18.0 Å². The summed E-state index contributed by atoms with van der Waals surface area (Å²) in [5.41, 5.74) is 5.90. The first-order chi connectivity index (χ1) is 9.85. The van der Waals surface area contributed by atoms with Gasteiger partial charge < -0.3 is 20.7 Å². The number of nitrogens with one attached hydrogen (secondary N) is 1. The minimum atomic E-state index is -3.14. The van der Waals surface area contributed by atoms with Gasteiger partial charge in [0.05, 0.1) is 17.9 Å². The van der Waals surface area contributed by atoms with E-state index in [2.05, 4.69) is 10.1 Å². The van der Waals surface area contributed by atoms with Gasteiger partial charge >= 0.3 is 6.61 Å². The second-order valence-electron chi connectivity index (χ2n) is 4.43. The zero-order valence-electron chi connectivity index (χ0n) is 11.8. The van der Waals surface area contributed by atoms with Gasteiger partial charge in [0.25, 0.3) is 0 Å². The minimum absolute atomic E-state index is 0.0277. The molecule has 0 saturated heterocycles. The first kappa shape index (κ1) is 16.9. The molecule has 1 aromatic rings. The van der Waals surface area contributed by atoms with Crippen molar-refractivity contribution in [2.24, 2.45) is 0 Å². The maximum absolute atomic E-state index is 13.4. The van der Waals surface area contributed by atoms with Crippen LogP contribution in [0.1, 0.15) is 13.3 Å². The summed E-state index contributed by atoms with van der Waals surface area (Å²) in [4.78, 5) is 13.0. The number of rotatable bonds is 7. The van der Waals surface area contributed by atoms with Crippen LogP contribution < -0.4 is 20.7 Å². The number of nitrogens with zero attached hydrogens (tertiary/aromatic N) is 1. The molecule has 0 spiro atoms. The molecule has 0 saturated carbocycles. The second kappa shape index (κ2) is 7.61. The first-order valence-electron chi connectivity index (χ1n) is 6.36. The summed E-state index contributed by atoms with van der Waals surface area (Å²) in [5.74, 6) is -1.85. The van der Waals surface area contributed by atoms with Gasteiger partial charge in [-0.05, 0) is 6.42 Å². The molecule has 1 rings (SSSR count). The molecule has 0 aliphatic rings. The third kappa shape index (κ3) is 5.05. The number of hydrogen-bond donors (Lipinski definition) is 2. The van der Waals surface area contributed by atoms with Gasteiger partial charge in [0.15, 0.2) is 11.6 Å². The number of nitrogens with two attached hydrogens (primary N) is 1. The molecule has 0 radical (unpaired) electrons. The average Bonchev–Trinajstić information content (AvgIpc) is 2.38. The Bertz CT molecular complexity index is 498. The van der Waals surface area contributed by atoms with E-state index >= 15 is 0 Å². The van der Waals surface area contributed by atoms with Crippen LogP contribution in [0.3, 0.4) is 0 Å². The molecule has 1 aromatic carbocycles. The predicted octanol–water partition coefficient (Wildman–Crippen LogP) is 1.97. The molecule has 3 N–H and O–H groups in total. The maximum atomic E-state index is 13.4. The van der Waals surface area contributed by atoms with Crippen molar-refractivity contribution in [3.05, 3.63) is 17.9 Å². The standard InChI is InChI=1S/C13H18F3N3O2/c1-3-4-18-12(20)7-19(2)10-6-11(21-13(15)16)8(14)5-9(10)17/h5-6,13H,3-4,7,17H2,1-2H3,(H,18,20). The second-order valence-corrected chi connectivity index (χ2v) is 4.43. The Balaban J connectivity index is 2.87. The van der Waals surface area contributed by atoms with Crippen LogP contribution in [0.15, 0.2) is 12.1 Å². The number of alkyl halides is 2. The van der Waals surface area contributed by atoms with Gasteiger partial charge in [0, 0.05) is 25.7 Å². The van der Waals surface area contributed by atoms with Crippen LogP contribution in [0, 0.1) is 5.82 Å². The molecule has 0 aliphatic carbocycles. The highest BCUT2D eigenvalue weighted by molar-refractivity contribution is 5.83. The molecular formula is C13H18F3N3O2. The van der Waals surface area contributed by atoms with Gasteiger partial charge in [-0.25, -0.2) is 4.39 Å². The minimum Gasteiger partial charge on any atom is -0.432 e. The third-order valence-corrected chi connectivity index (χ3v) is 2.66. The van der Waals surface area contributed by atoms with Crippen molar-refractivity contribution < 1.29 is 22.7 Å². The molecule has 118 valence electrons. The summed E-state index contributed by atoms with van der Waals surface area (Å²) in [6.07, 6.45) is 0.792. The van der Waals surface area contributed by atoms with Crippen molar-refractivity contribution in [3.8, 4) is 5.75 Å².